The maximum atomic E-state index is 12.1. The Morgan fingerprint density at radius 3 is 2.41 bits per heavy atom. The summed E-state index contributed by atoms with van der Waals surface area (Å²) in [5.41, 5.74) is 0.781. The normalized spacial score (nSPS) is 16.3. The van der Waals surface area contributed by atoms with E-state index in [0.29, 0.717) is 6.04 Å². The molecule has 0 aliphatic heterocycles. The summed E-state index contributed by atoms with van der Waals surface area (Å²) in [5.74, 6) is 1.09. The lowest BCUT2D eigenvalue weighted by Gasteiger charge is -2.17. The summed E-state index contributed by atoms with van der Waals surface area (Å²) in [7, 11) is 0. The lowest BCUT2D eigenvalue weighted by Crippen LogP contribution is -2.22. The highest BCUT2D eigenvalue weighted by Gasteiger charge is 2.15. The fraction of sp³-hybridized carbons (Fsp3) is 0.667. The molecule has 4 nitrogen and oxygen atoms in total. The summed E-state index contributed by atoms with van der Waals surface area (Å²) in [5, 5.41) is 6.48. The fourth-order valence-electron chi connectivity index (χ4n) is 3.09. The number of hydrogen-bond acceptors (Lipinski definition) is 3. The molecule has 0 radical (unpaired) electrons. The summed E-state index contributed by atoms with van der Waals surface area (Å²) in [6.07, 6.45) is 11.3. The van der Waals surface area contributed by atoms with Crippen molar-refractivity contribution in [3.8, 4) is 0 Å². The summed E-state index contributed by atoms with van der Waals surface area (Å²) >= 11 is 0. The van der Waals surface area contributed by atoms with E-state index >= 15 is 0 Å². The van der Waals surface area contributed by atoms with E-state index in [9.17, 15) is 4.79 Å². The minimum atomic E-state index is 0.0868. The number of amides is 1. The molecule has 0 aromatic carbocycles. The molecule has 0 atom stereocenters. The monoisotopic (exact) mass is 303 g/mol. The molecule has 0 spiro atoms. The van der Waals surface area contributed by atoms with Gasteiger partial charge in [0.2, 0.25) is 5.91 Å². The molecule has 1 fully saturated rings. The molecule has 0 bridgehead atoms. The van der Waals surface area contributed by atoms with E-state index in [-0.39, 0.29) is 11.8 Å². The summed E-state index contributed by atoms with van der Waals surface area (Å²) in [4.78, 5) is 16.5. The number of rotatable bonds is 6. The van der Waals surface area contributed by atoms with Gasteiger partial charge in [0, 0.05) is 12.0 Å². The van der Waals surface area contributed by atoms with Crippen LogP contribution in [0.3, 0.4) is 0 Å². The van der Waals surface area contributed by atoms with Crippen molar-refractivity contribution in [1.82, 2.24) is 4.98 Å². The number of nitrogens with one attached hydrogen (secondary N) is 2. The average Bonchev–Trinajstić information content (AvgIpc) is 2.79. The van der Waals surface area contributed by atoms with Crippen molar-refractivity contribution in [1.29, 1.82) is 0 Å². The zero-order valence-corrected chi connectivity index (χ0v) is 13.9. The first-order chi connectivity index (χ1) is 10.7. The fourth-order valence-corrected chi connectivity index (χ4v) is 3.09. The Bertz CT molecular complexity index is 446. The molecule has 1 aliphatic carbocycles. The maximum absolute atomic E-state index is 12.1. The van der Waals surface area contributed by atoms with E-state index in [1.54, 1.807) is 6.20 Å². The first-order valence-corrected chi connectivity index (χ1v) is 8.76. The third-order valence-electron chi connectivity index (χ3n) is 4.59. The van der Waals surface area contributed by atoms with Gasteiger partial charge in [0.05, 0.1) is 11.9 Å². The minimum absolute atomic E-state index is 0.0868. The number of carbonyl (C=O) groups excluding carboxylic acids is 1. The van der Waals surface area contributed by atoms with Crippen molar-refractivity contribution >= 4 is 17.4 Å². The lowest BCUT2D eigenvalue weighted by atomic mass is 10.0. The van der Waals surface area contributed by atoms with Crippen LogP contribution < -0.4 is 10.6 Å². The molecule has 1 aromatic heterocycles. The highest BCUT2D eigenvalue weighted by atomic mass is 16.1. The minimum Gasteiger partial charge on any atom is -0.367 e. The van der Waals surface area contributed by atoms with Crippen LogP contribution in [-0.2, 0) is 4.79 Å². The standard InChI is InChI=1S/C18H29N3O/c1-3-14(4-2)18(22)21-16-11-12-17(19-13-16)20-15-9-7-5-6-8-10-15/h11-15H,3-10H2,1-2H3,(H,19,20)(H,21,22). The third kappa shape index (κ3) is 5.00. The van der Waals surface area contributed by atoms with Crippen LogP contribution in [0.2, 0.25) is 0 Å². The van der Waals surface area contributed by atoms with Gasteiger partial charge in [0.15, 0.2) is 0 Å². The Balaban J connectivity index is 1.88. The SMILES string of the molecule is CCC(CC)C(=O)Nc1ccc(NC2CCCCCC2)nc1. The van der Waals surface area contributed by atoms with Gasteiger partial charge in [-0.05, 0) is 37.8 Å². The zero-order chi connectivity index (χ0) is 15.8. The van der Waals surface area contributed by atoms with Gasteiger partial charge in [-0.15, -0.1) is 0 Å². The molecule has 1 amide bonds. The van der Waals surface area contributed by atoms with Crippen molar-refractivity contribution in [3.05, 3.63) is 18.3 Å². The van der Waals surface area contributed by atoms with Gasteiger partial charge in [0.25, 0.3) is 0 Å². The van der Waals surface area contributed by atoms with Crippen molar-refractivity contribution < 1.29 is 4.79 Å². The Morgan fingerprint density at radius 2 is 1.86 bits per heavy atom. The summed E-state index contributed by atoms with van der Waals surface area (Å²) in [6, 6.07) is 4.44. The highest BCUT2D eigenvalue weighted by Crippen LogP contribution is 2.21. The quantitative estimate of drug-likeness (QED) is 0.756. The highest BCUT2D eigenvalue weighted by molar-refractivity contribution is 5.92. The van der Waals surface area contributed by atoms with Crippen molar-refractivity contribution in [2.45, 2.75) is 71.3 Å². The molecule has 2 N–H and O–H groups in total. The van der Waals surface area contributed by atoms with Crippen molar-refractivity contribution in [2.75, 3.05) is 10.6 Å². The molecule has 1 saturated carbocycles. The van der Waals surface area contributed by atoms with Crippen LogP contribution in [-0.4, -0.2) is 16.9 Å². The molecule has 122 valence electrons. The molecule has 1 heterocycles. The van der Waals surface area contributed by atoms with Gasteiger partial charge in [-0.3, -0.25) is 4.79 Å². The van der Waals surface area contributed by atoms with Gasteiger partial charge in [-0.1, -0.05) is 39.5 Å². The van der Waals surface area contributed by atoms with Crippen LogP contribution in [0.25, 0.3) is 0 Å². The Labute approximate surface area is 134 Å². The summed E-state index contributed by atoms with van der Waals surface area (Å²) < 4.78 is 0. The van der Waals surface area contributed by atoms with E-state index in [1.165, 1.54) is 38.5 Å². The second-order valence-electron chi connectivity index (χ2n) is 6.27. The number of nitrogens with zero attached hydrogens (tertiary/aromatic N) is 1. The number of anilines is 2. The van der Waals surface area contributed by atoms with Crippen LogP contribution in [0, 0.1) is 5.92 Å². The van der Waals surface area contributed by atoms with Gasteiger partial charge >= 0.3 is 0 Å². The number of pyridine rings is 1. The second kappa shape index (κ2) is 8.76. The molecular weight excluding hydrogens is 274 g/mol. The summed E-state index contributed by atoms with van der Waals surface area (Å²) in [6.45, 7) is 4.09. The van der Waals surface area contributed by atoms with Gasteiger partial charge in [-0.2, -0.15) is 0 Å². The Morgan fingerprint density at radius 1 is 1.18 bits per heavy atom. The van der Waals surface area contributed by atoms with Crippen molar-refractivity contribution in [3.63, 3.8) is 0 Å². The molecule has 0 saturated heterocycles. The molecular formula is C18H29N3O. The van der Waals surface area contributed by atoms with E-state index in [0.717, 1.165) is 24.3 Å². The first-order valence-electron chi connectivity index (χ1n) is 8.76. The van der Waals surface area contributed by atoms with Gasteiger partial charge in [-0.25, -0.2) is 4.98 Å². The van der Waals surface area contributed by atoms with Crippen LogP contribution in [0.1, 0.15) is 65.2 Å². The predicted molar refractivity (Wildman–Crippen MR) is 92.1 cm³/mol. The molecule has 2 rings (SSSR count). The number of carbonyl (C=O) groups is 1. The Kier molecular flexibility index (Phi) is 6.69. The third-order valence-corrected chi connectivity index (χ3v) is 4.59. The van der Waals surface area contributed by atoms with Crippen LogP contribution in [0.4, 0.5) is 11.5 Å². The van der Waals surface area contributed by atoms with Gasteiger partial charge < -0.3 is 10.6 Å². The maximum Gasteiger partial charge on any atom is 0.227 e. The second-order valence-corrected chi connectivity index (χ2v) is 6.27. The number of aromatic nitrogens is 1. The van der Waals surface area contributed by atoms with Crippen molar-refractivity contribution in [2.24, 2.45) is 5.92 Å². The lowest BCUT2D eigenvalue weighted by molar-refractivity contribution is -0.120. The number of hydrogen-bond donors (Lipinski definition) is 2. The molecule has 1 aromatic rings. The first kappa shape index (κ1) is 16.8. The van der Waals surface area contributed by atoms with E-state index in [2.05, 4.69) is 15.6 Å². The van der Waals surface area contributed by atoms with E-state index < -0.39 is 0 Å². The van der Waals surface area contributed by atoms with Crippen LogP contribution in [0.15, 0.2) is 18.3 Å². The smallest absolute Gasteiger partial charge is 0.227 e. The molecule has 22 heavy (non-hydrogen) atoms. The van der Waals surface area contributed by atoms with Crippen LogP contribution >= 0.6 is 0 Å². The predicted octanol–water partition coefficient (Wildman–Crippen LogP) is 4.59. The Hall–Kier alpha value is -1.58. The zero-order valence-electron chi connectivity index (χ0n) is 13.9. The average molecular weight is 303 g/mol. The molecule has 0 unspecified atom stereocenters. The molecule has 4 heteroatoms. The topological polar surface area (TPSA) is 54.0 Å². The van der Waals surface area contributed by atoms with Crippen LogP contribution in [0.5, 0.6) is 0 Å². The van der Waals surface area contributed by atoms with E-state index in [4.69, 9.17) is 0 Å². The molecule has 1 aliphatic rings. The van der Waals surface area contributed by atoms with E-state index in [1.807, 2.05) is 26.0 Å². The largest absolute Gasteiger partial charge is 0.367 e. The van der Waals surface area contributed by atoms with Gasteiger partial charge in [0.1, 0.15) is 5.82 Å².